The average Bonchev–Trinajstić information content (AvgIpc) is 3.20. The Kier molecular flexibility index (Phi) is 7.76. The quantitative estimate of drug-likeness (QED) is 0.362. The molecule has 2 amide bonds. The number of nitrogens with two attached hydrogens (primary N) is 1. The van der Waals surface area contributed by atoms with Gasteiger partial charge in [-0.2, -0.15) is 0 Å². The third kappa shape index (κ3) is 6.12. The van der Waals surface area contributed by atoms with Crippen molar-refractivity contribution in [1.82, 2.24) is 5.32 Å². The molecule has 0 bridgehead atoms. The molecule has 2 aromatic carbocycles. The molecule has 8 heteroatoms. The van der Waals surface area contributed by atoms with Crippen LogP contribution >= 0.6 is 23.6 Å². The summed E-state index contributed by atoms with van der Waals surface area (Å²) in [4.78, 5) is 26.2. The molecular formula is C28H31N3O3S2. The van der Waals surface area contributed by atoms with Crippen LogP contribution in [0.4, 0.5) is 5.00 Å². The molecule has 0 saturated carbocycles. The van der Waals surface area contributed by atoms with Crippen molar-refractivity contribution in [1.29, 1.82) is 0 Å². The van der Waals surface area contributed by atoms with Crippen LogP contribution in [0.15, 0.2) is 54.6 Å². The Labute approximate surface area is 221 Å². The number of primary amides is 1. The van der Waals surface area contributed by atoms with Crippen molar-refractivity contribution < 1.29 is 14.3 Å². The van der Waals surface area contributed by atoms with Crippen LogP contribution in [0.2, 0.25) is 0 Å². The molecule has 0 unspecified atom stereocenters. The third-order valence-electron chi connectivity index (χ3n) is 6.56. The molecule has 3 aromatic rings. The van der Waals surface area contributed by atoms with Gasteiger partial charge in [0.25, 0.3) is 11.8 Å². The summed E-state index contributed by atoms with van der Waals surface area (Å²) in [5.41, 5.74) is 8.93. The summed E-state index contributed by atoms with van der Waals surface area (Å²) in [7, 11) is 0. The van der Waals surface area contributed by atoms with E-state index in [1.807, 2.05) is 30.3 Å². The highest BCUT2D eigenvalue weighted by Crippen LogP contribution is 2.44. The Balaban J connectivity index is 1.39. The van der Waals surface area contributed by atoms with Gasteiger partial charge >= 0.3 is 0 Å². The minimum atomic E-state index is -0.482. The summed E-state index contributed by atoms with van der Waals surface area (Å²) in [5, 5.41) is 6.46. The van der Waals surface area contributed by atoms with E-state index in [1.54, 1.807) is 24.3 Å². The van der Waals surface area contributed by atoms with E-state index < -0.39 is 5.91 Å². The van der Waals surface area contributed by atoms with Crippen LogP contribution in [0, 0.1) is 11.3 Å². The second-order valence-corrected chi connectivity index (χ2v) is 11.6. The first-order chi connectivity index (χ1) is 17.1. The van der Waals surface area contributed by atoms with Gasteiger partial charge in [-0.3, -0.25) is 14.9 Å². The van der Waals surface area contributed by atoms with Gasteiger partial charge in [0.05, 0.1) is 5.56 Å². The van der Waals surface area contributed by atoms with Crippen molar-refractivity contribution in [2.45, 2.75) is 46.6 Å². The van der Waals surface area contributed by atoms with Gasteiger partial charge in [0.2, 0.25) is 0 Å². The largest absolute Gasteiger partial charge is 0.489 e. The highest BCUT2D eigenvalue weighted by molar-refractivity contribution is 7.80. The van der Waals surface area contributed by atoms with Crippen molar-refractivity contribution >= 4 is 45.5 Å². The molecule has 1 aliphatic rings. The Morgan fingerprint density at radius 2 is 1.81 bits per heavy atom. The summed E-state index contributed by atoms with van der Waals surface area (Å²) < 4.78 is 5.78. The van der Waals surface area contributed by atoms with Gasteiger partial charge in [0.1, 0.15) is 17.4 Å². The number of fused-ring (bicyclic) bond motifs is 1. The van der Waals surface area contributed by atoms with E-state index in [2.05, 4.69) is 31.4 Å². The van der Waals surface area contributed by atoms with Crippen LogP contribution in [-0.4, -0.2) is 16.9 Å². The number of hydrogen-bond donors (Lipinski definition) is 3. The van der Waals surface area contributed by atoms with E-state index in [9.17, 15) is 9.59 Å². The standard InChI is InChI=1S/C28H31N3O3S2/c1-28(2,3)19-11-14-21-22(15-19)36-26(23(21)24(29)32)31-27(35)30-25(33)18-9-12-20(13-10-18)34-16-17-7-5-4-6-8-17/h4-10,12-13,19H,11,14-16H2,1-3H3,(H2,29,32)(H2,30,31,33,35)/t19-/m0/s1. The maximum Gasteiger partial charge on any atom is 0.257 e. The topological polar surface area (TPSA) is 93.4 Å². The lowest BCUT2D eigenvalue weighted by molar-refractivity contribution is 0.0975. The SMILES string of the molecule is CC(C)(C)[C@H]1CCc2c(sc(NC(=S)NC(=O)c3ccc(OCc4ccccc4)cc3)c2C(N)=O)C1. The van der Waals surface area contributed by atoms with E-state index in [1.165, 1.54) is 11.3 Å². The lowest BCUT2D eigenvalue weighted by atomic mass is 9.72. The van der Waals surface area contributed by atoms with Gasteiger partial charge in [-0.1, -0.05) is 51.1 Å². The molecule has 0 aliphatic heterocycles. The Hall–Kier alpha value is -3.23. The number of thiophene rings is 1. The van der Waals surface area contributed by atoms with Crippen molar-refractivity contribution in [3.63, 3.8) is 0 Å². The highest BCUT2D eigenvalue weighted by atomic mass is 32.1. The molecular weight excluding hydrogens is 490 g/mol. The number of carbonyl (C=O) groups is 2. The highest BCUT2D eigenvalue weighted by Gasteiger charge is 2.33. The van der Waals surface area contributed by atoms with Crippen LogP contribution in [0.5, 0.6) is 5.75 Å². The van der Waals surface area contributed by atoms with Crippen molar-refractivity contribution in [3.05, 3.63) is 81.7 Å². The first-order valence-electron chi connectivity index (χ1n) is 11.9. The first kappa shape index (κ1) is 25.9. The lowest BCUT2D eigenvalue weighted by Crippen LogP contribution is -2.34. The van der Waals surface area contributed by atoms with Gasteiger partial charge in [-0.25, -0.2) is 0 Å². The molecule has 1 aromatic heterocycles. The average molecular weight is 522 g/mol. The summed E-state index contributed by atoms with van der Waals surface area (Å²) in [6.07, 6.45) is 2.73. The number of anilines is 1. The molecule has 188 valence electrons. The monoisotopic (exact) mass is 521 g/mol. The summed E-state index contributed by atoms with van der Waals surface area (Å²) in [6.45, 7) is 7.19. The summed E-state index contributed by atoms with van der Waals surface area (Å²) in [6, 6.07) is 16.7. The van der Waals surface area contributed by atoms with Crippen LogP contribution in [0.25, 0.3) is 0 Å². The maximum atomic E-state index is 12.7. The van der Waals surface area contributed by atoms with Gasteiger partial charge in [-0.05, 0) is 78.2 Å². The number of hydrogen-bond acceptors (Lipinski definition) is 5. The van der Waals surface area contributed by atoms with Gasteiger partial charge in [0.15, 0.2) is 5.11 Å². The molecule has 1 aliphatic carbocycles. The van der Waals surface area contributed by atoms with Crippen LogP contribution in [0.1, 0.15) is 63.9 Å². The zero-order chi connectivity index (χ0) is 25.9. The van der Waals surface area contributed by atoms with Crippen LogP contribution in [-0.2, 0) is 19.4 Å². The Morgan fingerprint density at radius 1 is 1.11 bits per heavy atom. The minimum Gasteiger partial charge on any atom is -0.489 e. The molecule has 4 N–H and O–H groups in total. The first-order valence-corrected chi connectivity index (χ1v) is 13.2. The number of carbonyl (C=O) groups excluding carboxylic acids is 2. The molecule has 6 nitrogen and oxygen atoms in total. The molecule has 0 fully saturated rings. The van der Waals surface area contributed by atoms with Gasteiger partial charge in [0, 0.05) is 10.4 Å². The molecule has 1 heterocycles. The fourth-order valence-corrected chi connectivity index (χ4v) is 6.02. The smallest absolute Gasteiger partial charge is 0.257 e. The fourth-order valence-electron chi connectivity index (χ4n) is 4.43. The maximum absolute atomic E-state index is 12.7. The van der Waals surface area contributed by atoms with E-state index in [0.717, 1.165) is 35.3 Å². The van der Waals surface area contributed by atoms with E-state index in [-0.39, 0.29) is 16.4 Å². The molecule has 36 heavy (non-hydrogen) atoms. The van der Waals surface area contributed by atoms with E-state index in [0.29, 0.717) is 34.4 Å². The van der Waals surface area contributed by atoms with Crippen molar-refractivity contribution in [2.75, 3.05) is 5.32 Å². The molecule has 0 saturated heterocycles. The fraction of sp³-hybridized carbons (Fsp3) is 0.321. The Morgan fingerprint density at radius 3 is 2.44 bits per heavy atom. The predicted octanol–water partition coefficient (Wildman–Crippen LogP) is 5.70. The molecule has 1 atom stereocenters. The van der Waals surface area contributed by atoms with Gasteiger partial charge in [-0.15, -0.1) is 11.3 Å². The number of rotatable bonds is 6. The number of ether oxygens (including phenoxy) is 1. The van der Waals surface area contributed by atoms with Crippen molar-refractivity contribution in [3.8, 4) is 5.75 Å². The lowest BCUT2D eigenvalue weighted by Gasteiger charge is -2.33. The minimum absolute atomic E-state index is 0.123. The zero-order valence-electron chi connectivity index (χ0n) is 20.7. The van der Waals surface area contributed by atoms with Crippen molar-refractivity contribution in [2.24, 2.45) is 17.1 Å². The second-order valence-electron chi connectivity index (χ2n) is 10.1. The van der Waals surface area contributed by atoms with Crippen LogP contribution < -0.4 is 21.1 Å². The molecule has 0 spiro atoms. The molecule has 4 rings (SSSR count). The zero-order valence-corrected chi connectivity index (χ0v) is 22.4. The number of benzene rings is 2. The predicted molar refractivity (Wildman–Crippen MR) is 149 cm³/mol. The van der Waals surface area contributed by atoms with E-state index >= 15 is 0 Å². The third-order valence-corrected chi connectivity index (χ3v) is 7.93. The number of thiocarbonyl (C=S) groups is 1. The molecule has 0 radical (unpaired) electrons. The Bertz CT molecular complexity index is 1260. The number of nitrogens with one attached hydrogen (secondary N) is 2. The van der Waals surface area contributed by atoms with E-state index in [4.69, 9.17) is 22.7 Å². The van der Waals surface area contributed by atoms with Crippen LogP contribution in [0.3, 0.4) is 0 Å². The normalized spacial score (nSPS) is 15.0. The second kappa shape index (κ2) is 10.8. The van der Waals surface area contributed by atoms with Gasteiger partial charge < -0.3 is 15.8 Å². The summed E-state index contributed by atoms with van der Waals surface area (Å²) in [5.74, 6) is 0.365. The summed E-state index contributed by atoms with van der Waals surface area (Å²) >= 11 is 6.89. The number of amides is 2.